The third kappa shape index (κ3) is 3.34. The summed E-state index contributed by atoms with van der Waals surface area (Å²) in [7, 11) is 0. The fourth-order valence-electron chi connectivity index (χ4n) is 3.35. The summed E-state index contributed by atoms with van der Waals surface area (Å²) in [6.07, 6.45) is 2.53. The van der Waals surface area contributed by atoms with Gasteiger partial charge in [-0.2, -0.15) is 0 Å². The van der Waals surface area contributed by atoms with Crippen LogP contribution in [0, 0.1) is 5.92 Å². The van der Waals surface area contributed by atoms with Crippen LogP contribution in [-0.2, 0) is 16.1 Å². The summed E-state index contributed by atoms with van der Waals surface area (Å²) in [6.45, 7) is 4.37. The molecule has 7 heteroatoms. The second-order valence-electron chi connectivity index (χ2n) is 6.52. The second-order valence-corrected chi connectivity index (χ2v) is 7.39. The predicted octanol–water partition coefficient (Wildman–Crippen LogP) is 4.15. The van der Waals surface area contributed by atoms with Gasteiger partial charge in [0, 0.05) is 39.5 Å². The van der Waals surface area contributed by atoms with Gasteiger partial charge in [0.05, 0.1) is 29.3 Å². The van der Waals surface area contributed by atoms with Crippen molar-refractivity contribution in [3.63, 3.8) is 0 Å². The zero-order valence-corrected chi connectivity index (χ0v) is 15.7. The van der Waals surface area contributed by atoms with E-state index in [1.54, 1.807) is 18.3 Å². The van der Waals surface area contributed by atoms with E-state index in [-0.39, 0.29) is 12.2 Å². The van der Waals surface area contributed by atoms with Crippen molar-refractivity contribution in [2.24, 2.45) is 5.92 Å². The highest BCUT2D eigenvalue weighted by atomic mass is 35.5. The maximum absolute atomic E-state index is 11.6. The Bertz CT molecular complexity index is 1040. The summed E-state index contributed by atoms with van der Waals surface area (Å²) in [4.78, 5) is 16.0. The lowest BCUT2D eigenvalue weighted by atomic mass is 9.92. The normalized spacial score (nSPS) is 18.1. The topological polar surface area (TPSA) is 64.3 Å². The number of hydrogen-bond donors (Lipinski definition) is 1. The van der Waals surface area contributed by atoms with Crippen molar-refractivity contribution in [1.29, 1.82) is 0 Å². The highest BCUT2D eigenvalue weighted by molar-refractivity contribution is 6.31. The third-order valence-corrected chi connectivity index (χ3v) is 5.26. The second kappa shape index (κ2) is 7.00. The number of aromatic nitrogens is 2. The van der Waals surface area contributed by atoms with Crippen molar-refractivity contribution >= 4 is 40.1 Å². The first-order valence-electron chi connectivity index (χ1n) is 8.37. The fourth-order valence-corrected chi connectivity index (χ4v) is 3.63. The summed E-state index contributed by atoms with van der Waals surface area (Å²) in [5, 5.41) is 12.9. The Morgan fingerprint density at radius 2 is 2.07 bits per heavy atom. The van der Waals surface area contributed by atoms with Crippen LogP contribution in [-0.4, -0.2) is 27.2 Å². The van der Waals surface area contributed by atoms with Crippen LogP contribution in [0.5, 0.6) is 0 Å². The monoisotopic (exact) mass is 402 g/mol. The van der Waals surface area contributed by atoms with Gasteiger partial charge in [0.15, 0.2) is 0 Å². The number of halogens is 2. The Morgan fingerprint density at radius 3 is 2.74 bits per heavy atom. The molecule has 2 unspecified atom stereocenters. The number of nitrogens with zero attached hydrogens (tertiary/aromatic N) is 2. The lowest BCUT2D eigenvalue weighted by Gasteiger charge is -2.15. The fraction of sp³-hybridized carbons (Fsp3) is 0.200. The number of hydrogen-bond acceptors (Lipinski definition) is 4. The quantitative estimate of drug-likeness (QED) is 0.525. The molecule has 2 aromatic heterocycles. The number of aliphatic hydroxyl groups is 1. The summed E-state index contributed by atoms with van der Waals surface area (Å²) < 4.78 is 7.00. The average molecular weight is 403 g/mol. The molecule has 0 bridgehead atoms. The van der Waals surface area contributed by atoms with Gasteiger partial charge in [-0.25, -0.2) is 4.79 Å². The van der Waals surface area contributed by atoms with Gasteiger partial charge in [0.25, 0.3) is 0 Å². The SMILES string of the molecule is C=C1C(=O)OCC1C(O)c1cn(Cc2ccc(Cl)cn2)c2ccc(Cl)cc12. The molecule has 3 heterocycles. The van der Waals surface area contributed by atoms with Crippen molar-refractivity contribution in [3.8, 4) is 0 Å². The molecule has 1 aliphatic rings. The summed E-state index contributed by atoms with van der Waals surface area (Å²) >= 11 is 12.1. The molecule has 138 valence electrons. The molecular formula is C20H16Cl2N2O3. The number of ether oxygens (including phenoxy) is 1. The highest BCUT2D eigenvalue weighted by Crippen LogP contribution is 2.37. The molecule has 27 heavy (non-hydrogen) atoms. The first kappa shape index (κ1) is 18.0. The van der Waals surface area contributed by atoms with Crippen molar-refractivity contribution < 1.29 is 14.6 Å². The van der Waals surface area contributed by atoms with Crippen LogP contribution in [0.2, 0.25) is 10.0 Å². The van der Waals surface area contributed by atoms with Crippen molar-refractivity contribution in [3.05, 3.63) is 76.2 Å². The van der Waals surface area contributed by atoms with Crippen LogP contribution in [0.1, 0.15) is 17.4 Å². The number of esters is 1. The molecule has 0 radical (unpaired) electrons. The number of pyridine rings is 1. The van der Waals surface area contributed by atoms with Crippen LogP contribution >= 0.6 is 23.2 Å². The minimum absolute atomic E-state index is 0.116. The molecular weight excluding hydrogens is 387 g/mol. The molecule has 3 aromatic rings. The minimum atomic E-state index is -0.927. The van der Waals surface area contributed by atoms with Gasteiger partial charge in [0.2, 0.25) is 0 Å². The Hall–Kier alpha value is -2.34. The molecule has 0 aliphatic carbocycles. The highest BCUT2D eigenvalue weighted by Gasteiger charge is 2.36. The molecule has 0 amide bonds. The van der Waals surface area contributed by atoms with Crippen LogP contribution < -0.4 is 0 Å². The molecule has 1 aromatic carbocycles. The van der Waals surface area contributed by atoms with Gasteiger partial charge < -0.3 is 14.4 Å². The largest absolute Gasteiger partial charge is 0.462 e. The summed E-state index contributed by atoms with van der Waals surface area (Å²) in [5.41, 5.74) is 2.69. The lowest BCUT2D eigenvalue weighted by Crippen LogP contribution is -2.14. The molecule has 4 rings (SSSR count). The van der Waals surface area contributed by atoms with E-state index < -0.39 is 18.0 Å². The molecule has 0 saturated carbocycles. The van der Waals surface area contributed by atoms with Crippen LogP contribution in [0.3, 0.4) is 0 Å². The van der Waals surface area contributed by atoms with Gasteiger partial charge in [-0.3, -0.25) is 4.98 Å². The molecule has 2 atom stereocenters. The smallest absolute Gasteiger partial charge is 0.333 e. The third-order valence-electron chi connectivity index (χ3n) is 4.80. The zero-order valence-electron chi connectivity index (χ0n) is 14.2. The molecule has 1 aliphatic heterocycles. The minimum Gasteiger partial charge on any atom is -0.462 e. The Balaban J connectivity index is 1.76. The van der Waals surface area contributed by atoms with E-state index in [2.05, 4.69) is 11.6 Å². The van der Waals surface area contributed by atoms with E-state index in [9.17, 15) is 9.90 Å². The van der Waals surface area contributed by atoms with Gasteiger partial charge >= 0.3 is 5.97 Å². The van der Waals surface area contributed by atoms with Crippen LogP contribution in [0.4, 0.5) is 0 Å². The van der Waals surface area contributed by atoms with Crippen molar-refractivity contribution in [2.45, 2.75) is 12.6 Å². The number of carbonyl (C=O) groups is 1. The maximum atomic E-state index is 11.6. The first-order chi connectivity index (χ1) is 12.9. The standard InChI is InChI=1S/C20H16Cl2N2O3/c1-11-17(10-27-20(11)26)19(25)16-9-24(8-14-4-2-13(22)7-23-14)18-5-3-12(21)6-15(16)18/h2-7,9,17,19,25H,1,8,10H2. The Labute approximate surface area is 165 Å². The summed E-state index contributed by atoms with van der Waals surface area (Å²) in [6, 6.07) is 9.14. The number of fused-ring (bicyclic) bond motifs is 1. The van der Waals surface area contributed by atoms with Crippen molar-refractivity contribution in [2.75, 3.05) is 6.61 Å². The Morgan fingerprint density at radius 1 is 1.30 bits per heavy atom. The lowest BCUT2D eigenvalue weighted by molar-refractivity contribution is -0.135. The first-order valence-corrected chi connectivity index (χ1v) is 9.12. The van der Waals surface area contributed by atoms with E-state index >= 15 is 0 Å². The summed E-state index contributed by atoms with van der Waals surface area (Å²) in [5.74, 6) is -0.949. The van der Waals surface area contributed by atoms with E-state index in [4.69, 9.17) is 27.9 Å². The van der Waals surface area contributed by atoms with E-state index in [0.29, 0.717) is 22.2 Å². The van der Waals surface area contributed by atoms with Gasteiger partial charge in [-0.15, -0.1) is 0 Å². The van der Waals surface area contributed by atoms with E-state index in [1.165, 1.54) is 0 Å². The number of cyclic esters (lactones) is 1. The number of rotatable bonds is 4. The molecule has 0 spiro atoms. The van der Waals surface area contributed by atoms with Crippen LogP contribution in [0.15, 0.2) is 54.9 Å². The number of aliphatic hydroxyl groups excluding tert-OH is 1. The van der Waals surface area contributed by atoms with E-state index in [0.717, 1.165) is 16.6 Å². The van der Waals surface area contributed by atoms with Crippen LogP contribution in [0.25, 0.3) is 10.9 Å². The molecule has 5 nitrogen and oxygen atoms in total. The van der Waals surface area contributed by atoms with Gasteiger partial charge in [-0.05, 0) is 30.3 Å². The molecule has 1 saturated heterocycles. The van der Waals surface area contributed by atoms with E-state index in [1.807, 2.05) is 29.0 Å². The van der Waals surface area contributed by atoms with Gasteiger partial charge in [-0.1, -0.05) is 29.8 Å². The molecule has 1 fully saturated rings. The number of benzene rings is 1. The zero-order chi connectivity index (χ0) is 19.1. The average Bonchev–Trinajstić information content (AvgIpc) is 3.17. The maximum Gasteiger partial charge on any atom is 0.333 e. The van der Waals surface area contributed by atoms with Crippen molar-refractivity contribution in [1.82, 2.24) is 9.55 Å². The Kier molecular flexibility index (Phi) is 4.68. The predicted molar refractivity (Wildman–Crippen MR) is 104 cm³/mol. The van der Waals surface area contributed by atoms with Gasteiger partial charge in [0.1, 0.15) is 6.61 Å². The number of carbonyl (C=O) groups excluding carboxylic acids is 1. The molecule has 1 N–H and O–H groups in total.